The molecule has 1 atom stereocenters. The number of aromatic nitrogens is 1. The summed E-state index contributed by atoms with van der Waals surface area (Å²) < 4.78 is 0. The van der Waals surface area contributed by atoms with Gasteiger partial charge < -0.3 is 10.1 Å². The van der Waals surface area contributed by atoms with Crippen molar-refractivity contribution < 1.29 is 9.90 Å². The van der Waals surface area contributed by atoms with E-state index >= 15 is 0 Å². The number of nitrogens with zero attached hydrogens (tertiary/aromatic N) is 1. The van der Waals surface area contributed by atoms with Crippen LogP contribution in [-0.4, -0.2) is 34.0 Å². The zero-order valence-corrected chi connectivity index (χ0v) is 16.9. The molecule has 4 heteroatoms. The maximum absolute atomic E-state index is 10.8. The Kier molecular flexibility index (Phi) is 5.81. The Hall–Kier alpha value is -2.85. The summed E-state index contributed by atoms with van der Waals surface area (Å²) >= 11 is 0. The molecule has 4 rings (SSSR count). The third kappa shape index (κ3) is 4.28. The number of carbonyl (C=O) groups is 1. The van der Waals surface area contributed by atoms with E-state index in [-0.39, 0.29) is 0 Å². The van der Waals surface area contributed by atoms with Crippen LogP contribution in [0.4, 0.5) is 0 Å². The topological polar surface area (TPSA) is 56.3 Å². The highest BCUT2D eigenvalue weighted by atomic mass is 16.4. The second-order valence-corrected chi connectivity index (χ2v) is 7.83. The van der Waals surface area contributed by atoms with Crippen LogP contribution in [0.2, 0.25) is 0 Å². The summed E-state index contributed by atoms with van der Waals surface area (Å²) in [6, 6.07) is 15.3. The molecule has 1 aliphatic rings. The van der Waals surface area contributed by atoms with Gasteiger partial charge in [0.15, 0.2) is 0 Å². The molecule has 2 aromatic carbocycles. The van der Waals surface area contributed by atoms with E-state index in [1.54, 1.807) is 6.08 Å². The molecule has 1 heterocycles. The molecule has 150 valence electrons. The number of nitrogens with one attached hydrogen (secondary N) is 1. The maximum Gasteiger partial charge on any atom is 0.328 e. The van der Waals surface area contributed by atoms with Gasteiger partial charge in [-0.2, -0.15) is 0 Å². The number of aryl methyl sites for hydroxylation is 1. The predicted molar refractivity (Wildman–Crippen MR) is 118 cm³/mol. The predicted octanol–water partition coefficient (Wildman–Crippen LogP) is 5.21. The lowest BCUT2D eigenvalue weighted by Crippen LogP contribution is -2.30. The Bertz CT molecular complexity index is 1030. The Labute approximate surface area is 171 Å². The number of benzene rings is 2. The quantitative estimate of drug-likeness (QED) is 0.521. The van der Waals surface area contributed by atoms with Gasteiger partial charge in [0.05, 0.1) is 0 Å². The standard InChI is InChI=1S/C25H28N2O2/c1-2-14-27(15-13-20-17-26-23-6-4-3-5-21(20)23)24-11-9-19-16-18(7-10-22(19)24)8-12-25(28)29/h3-8,10,12,16-17,24,26H,2,9,11,13-15H2,1H3,(H,28,29)/b12-8+. The van der Waals surface area contributed by atoms with Crippen molar-refractivity contribution in [1.29, 1.82) is 0 Å². The fourth-order valence-corrected chi connectivity index (χ4v) is 4.58. The molecule has 0 saturated carbocycles. The first kappa shape index (κ1) is 19.5. The number of rotatable bonds is 8. The molecule has 0 radical (unpaired) electrons. The number of fused-ring (bicyclic) bond motifs is 2. The smallest absolute Gasteiger partial charge is 0.328 e. The third-order valence-electron chi connectivity index (χ3n) is 5.93. The number of carboxylic acids is 1. The van der Waals surface area contributed by atoms with E-state index in [1.807, 2.05) is 6.07 Å². The van der Waals surface area contributed by atoms with E-state index in [0.29, 0.717) is 6.04 Å². The second kappa shape index (κ2) is 8.66. The largest absolute Gasteiger partial charge is 0.478 e. The Balaban J connectivity index is 1.50. The summed E-state index contributed by atoms with van der Waals surface area (Å²) in [5, 5.41) is 10.2. The van der Waals surface area contributed by atoms with E-state index in [4.69, 9.17) is 5.11 Å². The fourth-order valence-electron chi connectivity index (χ4n) is 4.58. The SMILES string of the molecule is CCCN(CCc1c[nH]c2ccccc12)C1CCc2cc(/C=C/C(=O)O)ccc21. The van der Waals surface area contributed by atoms with Crippen LogP contribution in [0.15, 0.2) is 54.7 Å². The lowest BCUT2D eigenvalue weighted by atomic mass is 10.0. The van der Waals surface area contributed by atoms with Crippen LogP contribution in [0.1, 0.15) is 48.1 Å². The lowest BCUT2D eigenvalue weighted by Gasteiger charge is -2.29. The van der Waals surface area contributed by atoms with Gasteiger partial charge in [-0.3, -0.25) is 4.90 Å². The van der Waals surface area contributed by atoms with Crippen molar-refractivity contribution in [3.8, 4) is 0 Å². The summed E-state index contributed by atoms with van der Waals surface area (Å²) in [5.41, 5.74) is 6.32. The van der Waals surface area contributed by atoms with Crippen molar-refractivity contribution in [3.63, 3.8) is 0 Å². The molecule has 0 amide bonds. The number of hydrogen-bond donors (Lipinski definition) is 2. The molecular weight excluding hydrogens is 360 g/mol. The van der Waals surface area contributed by atoms with E-state index in [1.165, 1.54) is 33.7 Å². The molecule has 0 aliphatic heterocycles. The van der Waals surface area contributed by atoms with Crippen molar-refractivity contribution in [1.82, 2.24) is 9.88 Å². The van der Waals surface area contributed by atoms with Crippen molar-refractivity contribution in [2.24, 2.45) is 0 Å². The summed E-state index contributed by atoms with van der Waals surface area (Å²) in [6.07, 6.45) is 9.40. The van der Waals surface area contributed by atoms with Crippen LogP contribution < -0.4 is 0 Å². The summed E-state index contributed by atoms with van der Waals surface area (Å²) in [4.78, 5) is 16.8. The summed E-state index contributed by atoms with van der Waals surface area (Å²) in [7, 11) is 0. The van der Waals surface area contributed by atoms with Crippen LogP contribution in [-0.2, 0) is 17.6 Å². The molecule has 3 aromatic rings. The molecule has 0 fully saturated rings. The van der Waals surface area contributed by atoms with Crippen molar-refractivity contribution in [2.45, 2.75) is 38.6 Å². The van der Waals surface area contributed by atoms with E-state index in [9.17, 15) is 4.79 Å². The maximum atomic E-state index is 10.8. The zero-order valence-electron chi connectivity index (χ0n) is 16.9. The number of aliphatic carboxylic acids is 1. The lowest BCUT2D eigenvalue weighted by molar-refractivity contribution is -0.131. The number of aromatic amines is 1. The average Bonchev–Trinajstić information content (AvgIpc) is 3.33. The molecule has 1 aromatic heterocycles. The normalized spacial score (nSPS) is 16.1. The molecule has 1 aliphatic carbocycles. The van der Waals surface area contributed by atoms with Gasteiger partial charge in [-0.05, 0) is 66.6 Å². The molecule has 0 saturated heterocycles. The monoisotopic (exact) mass is 388 g/mol. The molecule has 2 N–H and O–H groups in total. The molecule has 0 bridgehead atoms. The van der Waals surface area contributed by atoms with E-state index in [0.717, 1.165) is 44.3 Å². The van der Waals surface area contributed by atoms with Crippen LogP contribution in [0.5, 0.6) is 0 Å². The van der Waals surface area contributed by atoms with Crippen molar-refractivity contribution >= 4 is 22.9 Å². The first-order chi connectivity index (χ1) is 14.2. The van der Waals surface area contributed by atoms with Crippen LogP contribution >= 0.6 is 0 Å². The van der Waals surface area contributed by atoms with E-state index < -0.39 is 5.97 Å². The molecule has 0 spiro atoms. The van der Waals surface area contributed by atoms with Gasteiger partial charge in [-0.1, -0.05) is 43.3 Å². The Morgan fingerprint density at radius 1 is 1.24 bits per heavy atom. The highest BCUT2D eigenvalue weighted by Crippen LogP contribution is 2.37. The minimum Gasteiger partial charge on any atom is -0.478 e. The Morgan fingerprint density at radius 3 is 2.93 bits per heavy atom. The molecule has 1 unspecified atom stereocenters. The molecule has 29 heavy (non-hydrogen) atoms. The van der Waals surface area contributed by atoms with Crippen LogP contribution in [0.3, 0.4) is 0 Å². The number of carboxylic acid groups (broad SMARTS) is 1. The fraction of sp³-hybridized carbons (Fsp3) is 0.320. The molecule has 4 nitrogen and oxygen atoms in total. The van der Waals surface area contributed by atoms with Gasteiger partial charge in [0, 0.05) is 35.8 Å². The first-order valence-electron chi connectivity index (χ1n) is 10.5. The highest BCUT2D eigenvalue weighted by molar-refractivity contribution is 5.85. The first-order valence-corrected chi connectivity index (χ1v) is 10.5. The minimum atomic E-state index is -0.908. The minimum absolute atomic E-state index is 0.452. The Morgan fingerprint density at radius 2 is 2.10 bits per heavy atom. The third-order valence-corrected chi connectivity index (χ3v) is 5.93. The number of H-pyrrole nitrogens is 1. The van der Waals surface area contributed by atoms with Crippen LogP contribution in [0, 0.1) is 0 Å². The number of hydrogen-bond acceptors (Lipinski definition) is 2. The second-order valence-electron chi connectivity index (χ2n) is 7.83. The van der Waals surface area contributed by atoms with E-state index in [2.05, 4.69) is 59.4 Å². The van der Waals surface area contributed by atoms with Gasteiger partial charge >= 0.3 is 5.97 Å². The average molecular weight is 389 g/mol. The van der Waals surface area contributed by atoms with Gasteiger partial charge in [0.25, 0.3) is 0 Å². The van der Waals surface area contributed by atoms with Gasteiger partial charge in [0.1, 0.15) is 0 Å². The van der Waals surface area contributed by atoms with Gasteiger partial charge in [-0.25, -0.2) is 4.79 Å². The van der Waals surface area contributed by atoms with Crippen molar-refractivity contribution in [3.05, 3.63) is 77.0 Å². The summed E-state index contributed by atoms with van der Waals surface area (Å²) in [5.74, 6) is -0.908. The number of para-hydroxylation sites is 1. The van der Waals surface area contributed by atoms with Gasteiger partial charge in [-0.15, -0.1) is 0 Å². The highest BCUT2D eigenvalue weighted by Gasteiger charge is 2.27. The molecular formula is C25H28N2O2. The summed E-state index contributed by atoms with van der Waals surface area (Å²) in [6.45, 7) is 4.38. The van der Waals surface area contributed by atoms with Crippen LogP contribution in [0.25, 0.3) is 17.0 Å². The van der Waals surface area contributed by atoms with Crippen molar-refractivity contribution in [2.75, 3.05) is 13.1 Å². The van der Waals surface area contributed by atoms with Gasteiger partial charge in [0.2, 0.25) is 0 Å². The zero-order chi connectivity index (χ0) is 20.2.